The van der Waals surface area contributed by atoms with Crippen LogP contribution in [0.4, 0.5) is 4.79 Å². The lowest BCUT2D eigenvalue weighted by Gasteiger charge is -2.28. The van der Waals surface area contributed by atoms with Gasteiger partial charge < -0.3 is 15.3 Å². The molecule has 7 nitrogen and oxygen atoms in total. The number of rotatable bonds is 5. The molecule has 2 amide bonds. The van der Waals surface area contributed by atoms with Crippen LogP contribution in [0, 0.1) is 5.92 Å². The van der Waals surface area contributed by atoms with Gasteiger partial charge in [0.2, 0.25) is 0 Å². The van der Waals surface area contributed by atoms with Gasteiger partial charge in [0.05, 0.1) is 12.5 Å². The second-order valence-electron chi connectivity index (χ2n) is 6.80. The second kappa shape index (κ2) is 8.08. The van der Waals surface area contributed by atoms with E-state index in [1.54, 1.807) is 24.3 Å². The first-order valence-electron chi connectivity index (χ1n) is 8.42. The highest BCUT2D eigenvalue weighted by Gasteiger charge is 2.27. The molecule has 0 bridgehead atoms. The molecule has 2 N–H and O–H groups in total. The Balaban J connectivity index is 1.81. The Morgan fingerprint density at radius 2 is 1.83 bits per heavy atom. The molecule has 0 aromatic carbocycles. The minimum atomic E-state index is -0.735. The van der Waals surface area contributed by atoms with E-state index in [0.29, 0.717) is 32.2 Å². The summed E-state index contributed by atoms with van der Waals surface area (Å²) in [7, 11) is 1.73. The van der Waals surface area contributed by atoms with Crippen LogP contribution in [-0.4, -0.2) is 45.1 Å². The van der Waals surface area contributed by atoms with E-state index < -0.39 is 5.97 Å². The highest BCUT2D eigenvalue weighted by Crippen LogP contribution is 2.24. The van der Waals surface area contributed by atoms with Crippen LogP contribution >= 0.6 is 0 Å². The first-order valence-corrected chi connectivity index (χ1v) is 8.42. The van der Waals surface area contributed by atoms with E-state index >= 15 is 0 Å². The van der Waals surface area contributed by atoms with Crippen LogP contribution < -0.4 is 5.32 Å². The fraction of sp³-hybridized carbons (Fsp3) is 0.647. The number of amides is 2. The summed E-state index contributed by atoms with van der Waals surface area (Å²) in [6.07, 6.45) is 6.17. The van der Waals surface area contributed by atoms with Gasteiger partial charge >= 0.3 is 12.0 Å². The molecule has 0 unspecified atom stereocenters. The molecule has 1 aliphatic carbocycles. The number of nitrogens with zero attached hydrogens (tertiary/aromatic N) is 3. The normalized spacial score (nSPS) is 20.7. The largest absolute Gasteiger partial charge is 0.481 e. The van der Waals surface area contributed by atoms with Crippen LogP contribution in [0.25, 0.3) is 0 Å². The van der Waals surface area contributed by atoms with Crippen LogP contribution in [0.5, 0.6) is 0 Å². The zero-order valence-electron chi connectivity index (χ0n) is 14.5. The number of aliphatic carboxylic acids is 1. The predicted molar refractivity (Wildman–Crippen MR) is 89.5 cm³/mol. The van der Waals surface area contributed by atoms with Gasteiger partial charge in [-0.1, -0.05) is 13.8 Å². The summed E-state index contributed by atoms with van der Waals surface area (Å²) >= 11 is 0. The molecule has 0 atom stereocenters. The molecule has 7 heteroatoms. The average molecular weight is 334 g/mol. The van der Waals surface area contributed by atoms with Gasteiger partial charge in [-0.2, -0.15) is 0 Å². The van der Waals surface area contributed by atoms with E-state index in [4.69, 9.17) is 5.11 Å². The predicted octanol–water partition coefficient (Wildman–Crippen LogP) is 2.38. The quantitative estimate of drug-likeness (QED) is 0.862. The molecule has 0 radical (unpaired) electrons. The fourth-order valence-corrected chi connectivity index (χ4v) is 2.86. The molecule has 1 aromatic rings. The van der Waals surface area contributed by atoms with Gasteiger partial charge in [-0.15, -0.1) is 0 Å². The van der Waals surface area contributed by atoms with Gasteiger partial charge in [-0.3, -0.25) is 4.79 Å². The molecule has 132 valence electrons. The number of urea groups is 1. The summed E-state index contributed by atoms with van der Waals surface area (Å²) in [5.74, 6) is 0.0660. The van der Waals surface area contributed by atoms with Crippen molar-refractivity contribution in [3.63, 3.8) is 0 Å². The van der Waals surface area contributed by atoms with Crippen LogP contribution in [0.3, 0.4) is 0 Å². The summed E-state index contributed by atoms with van der Waals surface area (Å²) < 4.78 is 0. The van der Waals surface area contributed by atoms with E-state index in [1.165, 1.54) is 0 Å². The molecule has 1 aliphatic rings. The third kappa shape index (κ3) is 4.91. The Bertz CT molecular complexity index is 566. The smallest absolute Gasteiger partial charge is 0.317 e. The zero-order valence-corrected chi connectivity index (χ0v) is 14.5. The number of carboxylic acid groups (broad SMARTS) is 1. The topological polar surface area (TPSA) is 95.4 Å². The Morgan fingerprint density at radius 1 is 1.25 bits per heavy atom. The van der Waals surface area contributed by atoms with E-state index in [2.05, 4.69) is 15.3 Å². The van der Waals surface area contributed by atoms with Gasteiger partial charge in [0, 0.05) is 37.0 Å². The van der Waals surface area contributed by atoms with E-state index in [0.717, 1.165) is 11.4 Å². The molecule has 0 spiro atoms. The Morgan fingerprint density at radius 3 is 2.33 bits per heavy atom. The van der Waals surface area contributed by atoms with Crippen molar-refractivity contribution in [1.82, 2.24) is 20.2 Å². The van der Waals surface area contributed by atoms with E-state index in [1.807, 2.05) is 13.8 Å². The maximum Gasteiger partial charge on any atom is 0.317 e. The zero-order chi connectivity index (χ0) is 17.7. The van der Waals surface area contributed by atoms with Crippen molar-refractivity contribution in [1.29, 1.82) is 0 Å². The van der Waals surface area contributed by atoms with E-state index in [9.17, 15) is 9.59 Å². The molecule has 1 fully saturated rings. The maximum atomic E-state index is 12.3. The molecular formula is C17H26N4O3. The minimum Gasteiger partial charge on any atom is -0.481 e. The van der Waals surface area contributed by atoms with Crippen LogP contribution in [0.2, 0.25) is 0 Å². The van der Waals surface area contributed by atoms with Crippen LogP contribution in [-0.2, 0) is 11.3 Å². The molecule has 24 heavy (non-hydrogen) atoms. The standard InChI is InChI=1S/C17H26N4O3/c1-11(2)15-18-8-12(9-19-15)10-21(3)17(24)20-14-6-4-13(5-7-14)16(22)23/h8-9,11,13-14H,4-7,10H2,1-3H3,(H,20,24)(H,22,23). The lowest BCUT2D eigenvalue weighted by atomic mass is 9.86. The summed E-state index contributed by atoms with van der Waals surface area (Å²) in [4.78, 5) is 33.4. The highest BCUT2D eigenvalue weighted by molar-refractivity contribution is 5.74. The number of aromatic nitrogens is 2. The summed E-state index contributed by atoms with van der Waals surface area (Å²) in [5.41, 5.74) is 0.881. The Hall–Kier alpha value is -2.18. The summed E-state index contributed by atoms with van der Waals surface area (Å²) in [5, 5.41) is 12.0. The van der Waals surface area contributed by atoms with Crippen LogP contribution in [0.15, 0.2) is 12.4 Å². The van der Waals surface area contributed by atoms with E-state index in [-0.39, 0.29) is 23.9 Å². The summed E-state index contributed by atoms with van der Waals surface area (Å²) in [6, 6.07) is -0.100. The summed E-state index contributed by atoms with van der Waals surface area (Å²) in [6.45, 7) is 4.51. The van der Waals surface area contributed by atoms with Crippen molar-refractivity contribution >= 4 is 12.0 Å². The van der Waals surface area contributed by atoms with Crippen molar-refractivity contribution in [2.75, 3.05) is 7.05 Å². The van der Waals surface area contributed by atoms with Gasteiger partial charge in [-0.05, 0) is 25.7 Å². The van der Waals surface area contributed by atoms with Crippen molar-refractivity contribution in [3.05, 3.63) is 23.8 Å². The highest BCUT2D eigenvalue weighted by atomic mass is 16.4. The fourth-order valence-electron chi connectivity index (χ4n) is 2.86. The Labute approximate surface area is 142 Å². The van der Waals surface area contributed by atoms with Crippen molar-refractivity contribution in [2.24, 2.45) is 5.92 Å². The average Bonchev–Trinajstić information content (AvgIpc) is 2.55. The Kier molecular flexibility index (Phi) is 6.11. The first-order chi connectivity index (χ1) is 11.4. The van der Waals surface area contributed by atoms with Gasteiger partial charge in [0.15, 0.2) is 0 Å². The number of hydrogen-bond donors (Lipinski definition) is 2. The number of carbonyl (C=O) groups excluding carboxylic acids is 1. The number of hydrogen-bond acceptors (Lipinski definition) is 4. The molecule has 2 rings (SSSR count). The van der Waals surface area contributed by atoms with Gasteiger partial charge in [0.1, 0.15) is 5.82 Å². The third-order valence-corrected chi connectivity index (χ3v) is 4.41. The number of carboxylic acids is 1. The van der Waals surface area contributed by atoms with Crippen LogP contribution in [0.1, 0.15) is 56.8 Å². The molecule has 0 saturated heterocycles. The lowest BCUT2D eigenvalue weighted by molar-refractivity contribution is -0.142. The SMILES string of the molecule is CC(C)c1ncc(CN(C)C(=O)NC2CCC(C(=O)O)CC2)cn1. The van der Waals surface area contributed by atoms with Crippen molar-refractivity contribution < 1.29 is 14.7 Å². The minimum absolute atomic E-state index is 0.0510. The van der Waals surface area contributed by atoms with Crippen molar-refractivity contribution in [3.8, 4) is 0 Å². The number of carbonyl (C=O) groups is 2. The molecule has 1 aromatic heterocycles. The molecule has 0 aliphatic heterocycles. The van der Waals surface area contributed by atoms with Crippen molar-refractivity contribution in [2.45, 2.75) is 58.0 Å². The van der Waals surface area contributed by atoms with Gasteiger partial charge in [0.25, 0.3) is 0 Å². The van der Waals surface area contributed by atoms with Gasteiger partial charge in [-0.25, -0.2) is 14.8 Å². The molecule has 1 saturated carbocycles. The number of nitrogens with one attached hydrogen (secondary N) is 1. The molecule has 1 heterocycles. The monoisotopic (exact) mass is 334 g/mol. The molecular weight excluding hydrogens is 308 g/mol. The first kappa shape index (κ1) is 18.2. The second-order valence-corrected chi connectivity index (χ2v) is 6.80. The lowest BCUT2D eigenvalue weighted by Crippen LogP contribution is -2.44. The maximum absolute atomic E-state index is 12.3. The third-order valence-electron chi connectivity index (χ3n) is 4.41.